The lowest BCUT2D eigenvalue weighted by atomic mass is 10.1. The zero-order chi connectivity index (χ0) is 23.4. The van der Waals surface area contributed by atoms with E-state index in [0.29, 0.717) is 10.2 Å². The van der Waals surface area contributed by atoms with Gasteiger partial charge in [0, 0.05) is 4.88 Å². The highest BCUT2D eigenvalue weighted by atomic mass is 32.1. The number of benzene rings is 2. The fourth-order valence-electron chi connectivity index (χ4n) is 3.84. The van der Waals surface area contributed by atoms with Gasteiger partial charge in [-0.3, -0.25) is 9.36 Å². The van der Waals surface area contributed by atoms with Crippen LogP contribution in [-0.2, 0) is 12.7 Å². The van der Waals surface area contributed by atoms with Crippen LogP contribution in [-0.4, -0.2) is 9.13 Å². The number of hydrogen-bond acceptors (Lipinski definition) is 3. The van der Waals surface area contributed by atoms with Gasteiger partial charge < -0.3 is 0 Å². The summed E-state index contributed by atoms with van der Waals surface area (Å²) < 4.78 is 42.2. The number of fused-ring (bicyclic) bond motifs is 1. The molecule has 0 aliphatic heterocycles. The van der Waals surface area contributed by atoms with Crippen molar-refractivity contribution in [3.05, 3.63) is 96.0 Å². The molecule has 4 nitrogen and oxygen atoms in total. The lowest BCUT2D eigenvalue weighted by Gasteiger charge is -2.15. The summed E-state index contributed by atoms with van der Waals surface area (Å²) in [5, 5.41) is 0.356. The van der Waals surface area contributed by atoms with E-state index in [1.807, 2.05) is 39.0 Å². The van der Waals surface area contributed by atoms with Gasteiger partial charge in [-0.1, -0.05) is 29.8 Å². The van der Waals surface area contributed by atoms with Gasteiger partial charge in [0.2, 0.25) is 0 Å². The lowest BCUT2D eigenvalue weighted by Crippen LogP contribution is -2.39. The molecule has 0 spiro atoms. The summed E-state index contributed by atoms with van der Waals surface area (Å²) in [6, 6.07) is 10.2. The predicted molar refractivity (Wildman–Crippen MR) is 121 cm³/mol. The van der Waals surface area contributed by atoms with E-state index in [1.54, 1.807) is 6.92 Å². The minimum atomic E-state index is -4.59. The smallest absolute Gasteiger partial charge is 0.279 e. The van der Waals surface area contributed by atoms with Crippen molar-refractivity contribution in [1.82, 2.24) is 9.13 Å². The largest absolute Gasteiger partial charge is 0.416 e. The Morgan fingerprint density at radius 3 is 2.34 bits per heavy atom. The first-order valence-electron chi connectivity index (χ1n) is 9.98. The van der Waals surface area contributed by atoms with Crippen LogP contribution in [0.4, 0.5) is 13.2 Å². The molecule has 0 aliphatic rings. The number of alkyl halides is 3. The van der Waals surface area contributed by atoms with E-state index < -0.39 is 23.0 Å². The SMILES string of the molecule is Cc1ccc(Cn2c(=O)n(-c3cccc(C(F)(F)F)c3)c(=O)c3c(C)c(C)sc32)c(C)c1. The van der Waals surface area contributed by atoms with Crippen LogP contribution in [0.25, 0.3) is 15.9 Å². The first-order valence-corrected chi connectivity index (χ1v) is 10.8. The topological polar surface area (TPSA) is 44.0 Å². The van der Waals surface area contributed by atoms with E-state index in [1.165, 1.54) is 28.0 Å². The molecule has 2 aromatic carbocycles. The minimum absolute atomic E-state index is 0.102. The number of halogens is 3. The summed E-state index contributed by atoms with van der Waals surface area (Å²) in [6.07, 6.45) is -4.59. The molecule has 0 unspecified atom stereocenters. The number of nitrogens with zero attached hydrogens (tertiary/aromatic N) is 2. The summed E-state index contributed by atoms with van der Waals surface area (Å²) >= 11 is 1.34. The zero-order valence-electron chi connectivity index (χ0n) is 18.0. The monoisotopic (exact) mass is 458 g/mol. The van der Waals surface area contributed by atoms with Crippen LogP contribution in [0.3, 0.4) is 0 Å². The fraction of sp³-hybridized carbons (Fsp3) is 0.250. The molecule has 0 N–H and O–H groups in total. The van der Waals surface area contributed by atoms with Crippen molar-refractivity contribution >= 4 is 21.6 Å². The molecule has 0 amide bonds. The van der Waals surface area contributed by atoms with Gasteiger partial charge in [-0.2, -0.15) is 13.2 Å². The van der Waals surface area contributed by atoms with E-state index in [9.17, 15) is 22.8 Å². The molecule has 0 aliphatic carbocycles. The summed E-state index contributed by atoms with van der Waals surface area (Å²) in [5.41, 5.74) is 1.41. The molecule has 166 valence electrons. The molecule has 2 heterocycles. The number of hydrogen-bond donors (Lipinski definition) is 0. The fourth-order valence-corrected chi connectivity index (χ4v) is 4.98. The van der Waals surface area contributed by atoms with Gasteiger partial charge in [0.05, 0.1) is 23.2 Å². The summed E-state index contributed by atoms with van der Waals surface area (Å²) in [5.74, 6) is 0. The van der Waals surface area contributed by atoms with Crippen molar-refractivity contribution < 1.29 is 13.2 Å². The van der Waals surface area contributed by atoms with Crippen LogP contribution in [0.15, 0.2) is 52.1 Å². The highest BCUT2D eigenvalue weighted by Gasteiger charge is 2.31. The first-order chi connectivity index (χ1) is 15.0. The Labute approximate surface area is 186 Å². The third kappa shape index (κ3) is 3.68. The van der Waals surface area contributed by atoms with Gasteiger partial charge in [0.15, 0.2) is 0 Å². The van der Waals surface area contributed by atoms with Crippen molar-refractivity contribution in [2.75, 3.05) is 0 Å². The Hall–Kier alpha value is -3.13. The second-order valence-corrected chi connectivity index (χ2v) is 9.15. The van der Waals surface area contributed by atoms with E-state index in [-0.39, 0.29) is 12.2 Å². The van der Waals surface area contributed by atoms with Crippen LogP contribution in [0.1, 0.15) is 32.7 Å². The van der Waals surface area contributed by atoms with Gasteiger partial charge in [-0.25, -0.2) is 9.36 Å². The molecule has 4 aromatic rings. The second kappa shape index (κ2) is 7.78. The van der Waals surface area contributed by atoms with Gasteiger partial charge >= 0.3 is 11.9 Å². The number of aromatic nitrogens is 2. The number of rotatable bonds is 3. The van der Waals surface area contributed by atoms with Crippen LogP contribution in [0.5, 0.6) is 0 Å². The van der Waals surface area contributed by atoms with Crippen LogP contribution >= 0.6 is 11.3 Å². The third-order valence-corrected chi connectivity index (χ3v) is 6.94. The second-order valence-electron chi connectivity index (χ2n) is 7.95. The number of aryl methyl sites for hydroxylation is 4. The molecule has 0 radical (unpaired) electrons. The number of thiophene rings is 1. The summed E-state index contributed by atoms with van der Waals surface area (Å²) in [6.45, 7) is 7.78. The van der Waals surface area contributed by atoms with Crippen molar-refractivity contribution in [3.8, 4) is 5.69 Å². The quantitative estimate of drug-likeness (QED) is 0.406. The maximum absolute atomic E-state index is 13.5. The van der Waals surface area contributed by atoms with E-state index in [2.05, 4.69) is 0 Å². The Kier molecular flexibility index (Phi) is 5.36. The van der Waals surface area contributed by atoms with Crippen molar-refractivity contribution in [3.63, 3.8) is 0 Å². The molecular weight excluding hydrogens is 437 g/mol. The van der Waals surface area contributed by atoms with Crippen molar-refractivity contribution in [1.29, 1.82) is 0 Å². The first kappa shape index (κ1) is 22.1. The molecule has 0 atom stereocenters. The van der Waals surface area contributed by atoms with Gasteiger partial charge in [0.25, 0.3) is 5.56 Å². The highest BCUT2D eigenvalue weighted by molar-refractivity contribution is 7.18. The molecule has 0 saturated carbocycles. The zero-order valence-corrected chi connectivity index (χ0v) is 18.8. The molecule has 4 rings (SSSR count). The van der Waals surface area contributed by atoms with Gasteiger partial charge in [0.1, 0.15) is 4.83 Å². The molecule has 0 bridgehead atoms. The van der Waals surface area contributed by atoms with E-state index in [0.717, 1.165) is 43.8 Å². The molecular formula is C24H21F3N2O2S. The van der Waals surface area contributed by atoms with Crippen molar-refractivity contribution in [2.24, 2.45) is 0 Å². The Balaban J connectivity index is 2.05. The van der Waals surface area contributed by atoms with Crippen LogP contribution in [0, 0.1) is 27.7 Å². The predicted octanol–water partition coefficient (Wildman–Crippen LogP) is 5.51. The average Bonchev–Trinajstić information content (AvgIpc) is 3.01. The molecule has 8 heteroatoms. The standard InChI is InChI=1S/C24H21F3N2O2S/c1-13-8-9-17(14(2)10-13)12-28-22-20(15(3)16(4)32-22)21(30)29(23(28)31)19-7-5-6-18(11-19)24(25,26)27/h5-11H,12H2,1-4H3. The Morgan fingerprint density at radius 1 is 0.969 bits per heavy atom. The maximum Gasteiger partial charge on any atom is 0.416 e. The highest BCUT2D eigenvalue weighted by Crippen LogP contribution is 2.31. The maximum atomic E-state index is 13.5. The molecule has 2 aromatic heterocycles. The third-order valence-electron chi connectivity index (χ3n) is 5.71. The van der Waals surface area contributed by atoms with Crippen LogP contribution in [0.2, 0.25) is 0 Å². The normalized spacial score (nSPS) is 12.0. The van der Waals surface area contributed by atoms with Gasteiger partial charge in [-0.05, 0) is 62.6 Å². The molecule has 0 fully saturated rings. The lowest BCUT2D eigenvalue weighted by molar-refractivity contribution is -0.137. The van der Waals surface area contributed by atoms with Gasteiger partial charge in [-0.15, -0.1) is 11.3 Å². The van der Waals surface area contributed by atoms with E-state index >= 15 is 0 Å². The minimum Gasteiger partial charge on any atom is -0.279 e. The average molecular weight is 459 g/mol. The summed E-state index contributed by atoms with van der Waals surface area (Å²) in [4.78, 5) is 28.3. The van der Waals surface area contributed by atoms with Crippen molar-refractivity contribution in [2.45, 2.75) is 40.4 Å². The Morgan fingerprint density at radius 2 is 1.69 bits per heavy atom. The molecule has 0 saturated heterocycles. The molecule has 32 heavy (non-hydrogen) atoms. The summed E-state index contributed by atoms with van der Waals surface area (Å²) in [7, 11) is 0. The van der Waals surface area contributed by atoms with Crippen LogP contribution < -0.4 is 11.2 Å². The van der Waals surface area contributed by atoms with E-state index in [4.69, 9.17) is 0 Å². The Bertz CT molecular complexity index is 1480.